The summed E-state index contributed by atoms with van der Waals surface area (Å²) in [5.41, 5.74) is 3.69. The van der Waals surface area contributed by atoms with E-state index in [0.717, 1.165) is 40.6 Å². The molecule has 0 unspecified atom stereocenters. The first-order valence-corrected chi connectivity index (χ1v) is 11.4. The van der Waals surface area contributed by atoms with Crippen LogP contribution < -0.4 is 4.74 Å². The second-order valence-electron chi connectivity index (χ2n) is 8.91. The number of hydrogen-bond acceptors (Lipinski definition) is 6. The molecule has 0 fully saturated rings. The van der Waals surface area contributed by atoms with Crippen molar-refractivity contribution in [2.24, 2.45) is 0 Å². The second-order valence-corrected chi connectivity index (χ2v) is 10.00. The maximum absolute atomic E-state index is 12.4. The molecule has 0 aliphatic heterocycles. The Hall–Kier alpha value is -2.51. The van der Waals surface area contributed by atoms with E-state index in [0.29, 0.717) is 17.1 Å². The number of fused-ring (bicyclic) bond motifs is 3. The second kappa shape index (κ2) is 8.20. The Labute approximate surface area is 186 Å². The normalized spacial score (nSPS) is 15.0. The molecule has 0 amide bonds. The summed E-state index contributed by atoms with van der Waals surface area (Å²) in [5, 5.41) is 11.2. The smallest absolute Gasteiger partial charge is 0.337 e. The number of carboxylic acid groups (broad SMARTS) is 1. The van der Waals surface area contributed by atoms with Gasteiger partial charge in [-0.1, -0.05) is 0 Å². The van der Waals surface area contributed by atoms with Crippen LogP contribution in [-0.4, -0.2) is 33.8 Å². The Kier molecular flexibility index (Phi) is 5.75. The van der Waals surface area contributed by atoms with Crippen LogP contribution in [-0.2, 0) is 22.4 Å². The molecule has 0 bridgehead atoms. The van der Waals surface area contributed by atoms with E-state index < -0.39 is 17.7 Å². The van der Waals surface area contributed by atoms with Crippen LogP contribution in [0.5, 0.6) is 5.88 Å². The maximum Gasteiger partial charge on any atom is 0.337 e. The highest BCUT2D eigenvalue weighted by Gasteiger charge is 2.34. The van der Waals surface area contributed by atoms with E-state index >= 15 is 0 Å². The van der Waals surface area contributed by atoms with Crippen LogP contribution in [0.25, 0.3) is 21.3 Å². The number of rotatable bonds is 5. The Morgan fingerprint density at radius 1 is 1.26 bits per heavy atom. The van der Waals surface area contributed by atoms with E-state index in [9.17, 15) is 9.90 Å². The van der Waals surface area contributed by atoms with Gasteiger partial charge in [-0.05, 0) is 70.6 Å². The number of nitrogens with zero attached hydrogens (tertiary/aromatic N) is 2. The van der Waals surface area contributed by atoms with Crippen molar-refractivity contribution in [2.75, 3.05) is 7.11 Å². The predicted octanol–water partition coefficient (Wildman–Crippen LogP) is 5.49. The molecule has 1 atom stereocenters. The van der Waals surface area contributed by atoms with Gasteiger partial charge >= 0.3 is 5.97 Å². The molecule has 3 heterocycles. The summed E-state index contributed by atoms with van der Waals surface area (Å²) >= 11 is 1.73. The predicted molar refractivity (Wildman–Crippen MR) is 122 cm³/mol. The van der Waals surface area contributed by atoms with Crippen molar-refractivity contribution in [1.29, 1.82) is 0 Å². The molecular weight excluding hydrogens is 412 g/mol. The zero-order chi connectivity index (χ0) is 22.3. The van der Waals surface area contributed by atoms with Gasteiger partial charge in [0.2, 0.25) is 5.88 Å². The number of hydrogen-bond donors (Lipinski definition) is 1. The molecule has 0 spiro atoms. The lowest BCUT2D eigenvalue weighted by Gasteiger charge is -2.28. The minimum atomic E-state index is -1.13. The number of carboxylic acids is 1. The van der Waals surface area contributed by atoms with Crippen molar-refractivity contribution in [3.8, 4) is 17.0 Å². The average Bonchev–Trinajstić information content (AvgIpc) is 3.08. The summed E-state index contributed by atoms with van der Waals surface area (Å²) in [4.78, 5) is 23.8. The van der Waals surface area contributed by atoms with Crippen molar-refractivity contribution in [3.05, 3.63) is 40.0 Å². The first-order chi connectivity index (χ1) is 14.7. The lowest BCUT2D eigenvalue weighted by Crippen LogP contribution is -2.28. The van der Waals surface area contributed by atoms with Crippen LogP contribution in [0.2, 0.25) is 0 Å². The maximum atomic E-state index is 12.4. The van der Waals surface area contributed by atoms with Crippen molar-refractivity contribution in [1.82, 2.24) is 9.97 Å². The van der Waals surface area contributed by atoms with Crippen LogP contribution in [0.15, 0.2) is 18.3 Å². The molecule has 1 N–H and O–H groups in total. The number of carbonyl (C=O) groups is 1. The minimum absolute atomic E-state index is 0.485. The topological polar surface area (TPSA) is 81.5 Å². The molecule has 4 rings (SSSR count). The van der Waals surface area contributed by atoms with Crippen molar-refractivity contribution in [3.63, 3.8) is 0 Å². The van der Waals surface area contributed by atoms with E-state index in [1.165, 1.54) is 16.9 Å². The SMILES string of the molecule is COc1cc(-c2c([C@H](OC(C)(C)C)C(=O)O)c(C)nc3sc4c(c23)CCCC4)ccn1. The molecule has 164 valence electrons. The van der Waals surface area contributed by atoms with Crippen molar-refractivity contribution >= 4 is 27.5 Å². The van der Waals surface area contributed by atoms with E-state index in [1.807, 2.05) is 39.8 Å². The average molecular weight is 441 g/mol. The van der Waals surface area contributed by atoms with Gasteiger partial charge in [0.1, 0.15) is 4.83 Å². The Balaban J connectivity index is 2.09. The fourth-order valence-corrected chi connectivity index (χ4v) is 5.62. The lowest BCUT2D eigenvalue weighted by atomic mass is 9.88. The number of methoxy groups -OCH3 is 1. The molecule has 1 aliphatic carbocycles. The van der Waals surface area contributed by atoms with Crippen LogP contribution in [0, 0.1) is 6.92 Å². The fourth-order valence-electron chi connectivity index (χ4n) is 4.30. The van der Waals surface area contributed by atoms with Gasteiger partial charge in [-0.2, -0.15) is 0 Å². The molecule has 0 saturated heterocycles. The summed E-state index contributed by atoms with van der Waals surface area (Å²) in [5.74, 6) is -0.538. The van der Waals surface area contributed by atoms with Gasteiger partial charge in [0.15, 0.2) is 6.10 Å². The molecule has 31 heavy (non-hydrogen) atoms. The Bertz CT molecular complexity index is 1150. The van der Waals surface area contributed by atoms with E-state index in [-0.39, 0.29) is 0 Å². The molecule has 6 nitrogen and oxygen atoms in total. The van der Waals surface area contributed by atoms with Crippen LogP contribution >= 0.6 is 11.3 Å². The van der Waals surface area contributed by atoms with Crippen LogP contribution in [0.4, 0.5) is 0 Å². The number of aliphatic carboxylic acids is 1. The fraction of sp³-hybridized carbons (Fsp3) is 0.458. The van der Waals surface area contributed by atoms with E-state index in [1.54, 1.807) is 24.6 Å². The van der Waals surface area contributed by atoms with Gasteiger partial charge in [0.25, 0.3) is 0 Å². The van der Waals surface area contributed by atoms with Crippen LogP contribution in [0.3, 0.4) is 0 Å². The highest BCUT2D eigenvalue weighted by molar-refractivity contribution is 7.19. The Morgan fingerprint density at radius 3 is 2.68 bits per heavy atom. The molecule has 3 aromatic rings. The summed E-state index contributed by atoms with van der Waals surface area (Å²) in [6.45, 7) is 7.47. The first kappa shape index (κ1) is 21.7. The highest BCUT2D eigenvalue weighted by atomic mass is 32.1. The number of aryl methyl sites for hydroxylation is 3. The quantitative estimate of drug-likeness (QED) is 0.565. The zero-order valence-electron chi connectivity index (χ0n) is 18.6. The molecule has 0 saturated carbocycles. The summed E-state index contributed by atoms with van der Waals surface area (Å²) in [6, 6.07) is 3.77. The number of pyridine rings is 2. The molecule has 0 radical (unpaired) electrons. The van der Waals surface area contributed by atoms with Gasteiger partial charge in [-0.25, -0.2) is 14.8 Å². The Morgan fingerprint density at radius 2 is 2.00 bits per heavy atom. The largest absolute Gasteiger partial charge is 0.481 e. The number of thiophene rings is 1. The third-order valence-electron chi connectivity index (χ3n) is 5.52. The van der Waals surface area contributed by atoms with Crippen molar-refractivity contribution in [2.45, 2.75) is 65.1 Å². The summed E-state index contributed by atoms with van der Waals surface area (Å²) < 4.78 is 11.4. The molecule has 0 aromatic carbocycles. The molecule has 3 aromatic heterocycles. The third kappa shape index (κ3) is 4.16. The van der Waals surface area contributed by atoms with Gasteiger partial charge < -0.3 is 14.6 Å². The van der Waals surface area contributed by atoms with Gasteiger partial charge in [-0.3, -0.25) is 0 Å². The standard InChI is InChI=1S/C24H28N2O4S/c1-13-18(21(23(27)28)30-24(2,3)4)19(14-10-11-25-17(12-14)29-5)20-15-8-6-7-9-16(15)31-22(20)26-13/h10-12,21H,6-9H2,1-5H3,(H,27,28)/t21-/m0/s1. The zero-order valence-corrected chi connectivity index (χ0v) is 19.4. The first-order valence-electron chi connectivity index (χ1n) is 10.6. The summed E-state index contributed by atoms with van der Waals surface area (Å²) in [6.07, 6.45) is 4.89. The molecule has 1 aliphatic rings. The summed E-state index contributed by atoms with van der Waals surface area (Å²) in [7, 11) is 1.58. The number of aromatic nitrogens is 2. The highest BCUT2D eigenvalue weighted by Crippen LogP contribution is 2.46. The third-order valence-corrected chi connectivity index (χ3v) is 6.71. The van der Waals surface area contributed by atoms with E-state index in [2.05, 4.69) is 4.98 Å². The van der Waals surface area contributed by atoms with Crippen LogP contribution in [0.1, 0.15) is 61.4 Å². The van der Waals surface area contributed by atoms with Crippen molar-refractivity contribution < 1.29 is 19.4 Å². The van der Waals surface area contributed by atoms with Gasteiger partial charge in [0, 0.05) is 39.3 Å². The lowest BCUT2D eigenvalue weighted by molar-refractivity contribution is -0.160. The van der Waals surface area contributed by atoms with Gasteiger partial charge in [0.05, 0.1) is 12.7 Å². The van der Waals surface area contributed by atoms with E-state index in [4.69, 9.17) is 14.5 Å². The van der Waals surface area contributed by atoms with Gasteiger partial charge in [-0.15, -0.1) is 11.3 Å². The monoisotopic (exact) mass is 440 g/mol. The minimum Gasteiger partial charge on any atom is -0.481 e. The molecular formula is C24H28N2O4S. The molecule has 7 heteroatoms. The number of ether oxygens (including phenoxy) is 2.